The van der Waals surface area contributed by atoms with E-state index in [0.717, 1.165) is 16.3 Å². The summed E-state index contributed by atoms with van der Waals surface area (Å²) in [6, 6.07) is 12.8. The molecule has 0 aromatic heterocycles. The van der Waals surface area contributed by atoms with E-state index in [1.165, 1.54) is 14.2 Å². The molecule has 0 fully saturated rings. The summed E-state index contributed by atoms with van der Waals surface area (Å²) in [6.45, 7) is 0. The van der Waals surface area contributed by atoms with E-state index in [9.17, 15) is 9.59 Å². The van der Waals surface area contributed by atoms with Gasteiger partial charge in [-0.2, -0.15) is 12.6 Å². The van der Waals surface area contributed by atoms with E-state index in [1.807, 2.05) is 42.5 Å². The van der Waals surface area contributed by atoms with Gasteiger partial charge in [0.05, 0.1) is 20.3 Å². The molecular weight excluding hydrogens is 302 g/mol. The molecule has 0 saturated heterocycles. The maximum Gasteiger partial charge on any atom is 0.407 e. The predicted molar refractivity (Wildman–Crippen MR) is 87.0 cm³/mol. The number of thiol groups is 1. The Labute approximate surface area is 134 Å². The maximum absolute atomic E-state index is 11.8. The first-order valence-corrected chi connectivity index (χ1v) is 7.17. The number of rotatable bonds is 4. The largest absolute Gasteiger partial charge is 0.468 e. The lowest BCUT2D eigenvalue weighted by Gasteiger charge is -2.23. The van der Waals surface area contributed by atoms with Crippen molar-refractivity contribution in [1.29, 1.82) is 0 Å². The normalized spacial score (nSPS) is 13.2. The van der Waals surface area contributed by atoms with E-state index in [4.69, 9.17) is 4.74 Å². The molecule has 0 radical (unpaired) electrons. The van der Waals surface area contributed by atoms with E-state index in [-0.39, 0.29) is 0 Å². The van der Waals surface area contributed by atoms with E-state index >= 15 is 0 Å². The van der Waals surface area contributed by atoms with Gasteiger partial charge in [-0.15, -0.1) is 0 Å². The van der Waals surface area contributed by atoms with Gasteiger partial charge in [0.2, 0.25) is 0 Å². The fourth-order valence-corrected chi connectivity index (χ4v) is 2.54. The summed E-state index contributed by atoms with van der Waals surface area (Å²) in [5.74, 6) is -0.530. The summed E-state index contributed by atoms with van der Waals surface area (Å²) in [4.78, 5) is 23.3. The quantitative estimate of drug-likeness (QED) is 0.672. The monoisotopic (exact) mass is 319 g/mol. The van der Waals surface area contributed by atoms with Crippen LogP contribution < -0.4 is 5.32 Å². The maximum atomic E-state index is 11.8. The Morgan fingerprint density at radius 2 is 1.73 bits per heavy atom. The molecule has 5 nitrogen and oxygen atoms in total. The fourth-order valence-electron chi connectivity index (χ4n) is 2.19. The van der Waals surface area contributed by atoms with Crippen molar-refractivity contribution in [2.75, 3.05) is 14.2 Å². The first-order chi connectivity index (χ1) is 10.6. The molecule has 0 saturated carbocycles. The van der Waals surface area contributed by atoms with Crippen LogP contribution in [0.3, 0.4) is 0 Å². The number of fused-ring (bicyclic) bond motifs is 1. The van der Waals surface area contributed by atoms with Gasteiger partial charge >= 0.3 is 12.1 Å². The second-order valence-electron chi connectivity index (χ2n) is 4.69. The smallest absolute Gasteiger partial charge is 0.407 e. The number of methoxy groups -OCH3 is 2. The van der Waals surface area contributed by atoms with Gasteiger partial charge in [-0.3, -0.25) is 4.79 Å². The molecule has 0 aliphatic heterocycles. The summed E-state index contributed by atoms with van der Waals surface area (Å²) < 4.78 is 9.33. The highest BCUT2D eigenvalue weighted by molar-refractivity contribution is 7.81. The van der Waals surface area contributed by atoms with Gasteiger partial charge in [0.25, 0.3) is 0 Å². The van der Waals surface area contributed by atoms with Gasteiger partial charge in [0.1, 0.15) is 5.25 Å². The third kappa shape index (κ3) is 3.51. The zero-order valence-electron chi connectivity index (χ0n) is 12.3. The van der Waals surface area contributed by atoms with Gasteiger partial charge < -0.3 is 14.8 Å². The molecule has 2 atom stereocenters. The minimum Gasteiger partial charge on any atom is -0.468 e. The Bertz CT molecular complexity index is 689. The zero-order valence-corrected chi connectivity index (χ0v) is 13.2. The number of ether oxygens (including phenoxy) is 2. The Morgan fingerprint density at radius 1 is 1.05 bits per heavy atom. The average Bonchev–Trinajstić information content (AvgIpc) is 2.57. The van der Waals surface area contributed by atoms with Crippen molar-refractivity contribution in [3.05, 3.63) is 48.0 Å². The van der Waals surface area contributed by atoms with E-state index in [2.05, 4.69) is 22.7 Å². The third-order valence-corrected chi connectivity index (χ3v) is 3.86. The van der Waals surface area contributed by atoms with Crippen LogP contribution in [0, 0.1) is 0 Å². The number of benzene rings is 2. The van der Waals surface area contributed by atoms with Crippen LogP contribution in [0.25, 0.3) is 10.8 Å². The number of carbonyl (C=O) groups is 2. The summed E-state index contributed by atoms with van der Waals surface area (Å²) in [6.07, 6.45) is -0.638. The van der Waals surface area contributed by atoms with Crippen molar-refractivity contribution in [2.24, 2.45) is 0 Å². The highest BCUT2D eigenvalue weighted by Crippen LogP contribution is 2.26. The van der Waals surface area contributed by atoms with E-state index < -0.39 is 23.4 Å². The van der Waals surface area contributed by atoms with Crippen molar-refractivity contribution in [2.45, 2.75) is 11.3 Å². The average molecular weight is 319 g/mol. The molecular formula is C16H17NO4S. The molecule has 22 heavy (non-hydrogen) atoms. The molecule has 2 aromatic carbocycles. The first kappa shape index (κ1) is 16.2. The molecule has 0 aliphatic carbocycles. The Morgan fingerprint density at radius 3 is 2.36 bits per heavy atom. The molecule has 0 spiro atoms. The van der Waals surface area contributed by atoms with Crippen molar-refractivity contribution in [3.63, 3.8) is 0 Å². The lowest BCUT2D eigenvalue weighted by Crippen LogP contribution is -2.38. The van der Waals surface area contributed by atoms with Crippen LogP contribution in [0.5, 0.6) is 0 Å². The van der Waals surface area contributed by atoms with Crippen molar-refractivity contribution >= 4 is 35.5 Å². The van der Waals surface area contributed by atoms with Crippen molar-refractivity contribution < 1.29 is 19.1 Å². The number of carbonyl (C=O) groups excluding carboxylic acids is 2. The first-order valence-electron chi connectivity index (χ1n) is 6.66. The molecule has 116 valence electrons. The Hall–Kier alpha value is -2.21. The van der Waals surface area contributed by atoms with Crippen LogP contribution in [0.4, 0.5) is 4.79 Å². The number of esters is 1. The minimum absolute atomic E-state index is 0.530. The molecule has 0 bridgehead atoms. The number of nitrogens with one attached hydrogen (secondary N) is 1. The Balaban J connectivity index is 2.40. The highest BCUT2D eigenvalue weighted by atomic mass is 32.1. The van der Waals surface area contributed by atoms with Crippen LogP contribution in [0.15, 0.2) is 42.5 Å². The second-order valence-corrected chi connectivity index (χ2v) is 5.24. The van der Waals surface area contributed by atoms with Crippen LogP contribution >= 0.6 is 12.6 Å². The SMILES string of the molecule is COC(=O)N[C@@H](c1ccc2ccccc2c1)[C@@H](S)C(=O)OC. The number of alkyl carbamates (subject to hydrolysis) is 1. The topological polar surface area (TPSA) is 64.6 Å². The lowest BCUT2D eigenvalue weighted by atomic mass is 9.99. The van der Waals surface area contributed by atoms with E-state index in [1.54, 1.807) is 0 Å². The predicted octanol–water partition coefficient (Wildman–Crippen LogP) is 2.71. The minimum atomic E-state index is -0.842. The molecule has 2 rings (SSSR count). The summed E-state index contributed by atoms with van der Waals surface area (Å²) in [7, 11) is 2.54. The summed E-state index contributed by atoms with van der Waals surface area (Å²) >= 11 is 4.27. The van der Waals surface area contributed by atoms with Crippen molar-refractivity contribution in [1.82, 2.24) is 5.32 Å². The fraction of sp³-hybridized carbons (Fsp3) is 0.250. The van der Waals surface area contributed by atoms with Crippen LogP contribution in [-0.2, 0) is 14.3 Å². The Kier molecular flexibility index (Phi) is 5.27. The summed E-state index contributed by atoms with van der Waals surface area (Å²) in [5, 5.41) is 3.85. The lowest BCUT2D eigenvalue weighted by molar-refractivity contribution is -0.140. The molecule has 0 unspecified atom stereocenters. The molecule has 0 heterocycles. The van der Waals surface area contributed by atoms with E-state index in [0.29, 0.717) is 0 Å². The number of hydrogen-bond acceptors (Lipinski definition) is 5. The zero-order chi connectivity index (χ0) is 16.1. The molecule has 1 amide bonds. The van der Waals surface area contributed by atoms with Crippen LogP contribution in [0.2, 0.25) is 0 Å². The van der Waals surface area contributed by atoms with Crippen LogP contribution in [-0.4, -0.2) is 31.5 Å². The van der Waals surface area contributed by atoms with Gasteiger partial charge in [-0.1, -0.05) is 36.4 Å². The van der Waals surface area contributed by atoms with Gasteiger partial charge in [0.15, 0.2) is 0 Å². The molecule has 1 N–H and O–H groups in total. The van der Waals surface area contributed by atoms with Gasteiger partial charge in [0, 0.05) is 0 Å². The molecule has 6 heteroatoms. The molecule has 0 aliphatic rings. The summed E-state index contributed by atoms with van der Waals surface area (Å²) in [5.41, 5.74) is 0.745. The van der Waals surface area contributed by atoms with Gasteiger partial charge in [-0.25, -0.2) is 4.79 Å². The van der Waals surface area contributed by atoms with Crippen molar-refractivity contribution in [3.8, 4) is 0 Å². The third-order valence-electron chi connectivity index (χ3n) is 3.35. The number of amides is 1. The van der Waals surface area contributed by atoms with Gasteiger partial charge in [-0.05, 0) is 22.4 Å². The van der Waals surface area contributed by atoms with Crippen LogP contribution in [0.1, 0.15) is 11.6 Å². The highest BCUT2D eigenvalue weighted by Gasteiger charge is 2.29. The molecule has 2 aromatic rings. The number of hydrogen-bond donors (Lipinski definition) is 2. The standard InChI is InChI=1S/C16H17NO4S/c1-20-15(18)14(22)13(17-16(19)21-2)12-8-7-10-5-3-4-6-11(10)9-12/h3-9,13-14,22H,1-2H3,(H,17,19)/t13-,14+/m0/s1. The second kappa shape index (κ2) is 7.17.